The first-order valence-electron chi connectivity index (χ1n) is 5.13. The molecule has 88 valence electrons. The molecule has 2 aliphatic rings. The highest BCUT2D eigenvalue weighted by molar-refractivity contribution is 5.94. The molecule has 0 aromatic rings. The molecule has 2 rings (SSSR count). The lowest BCUT2D eigenvalue weighted by Gasteiger charge is -2.30. The summed E-state index contributed by atoms with van der Waals surface area (Å²) in [6.45, 7) is 1.32. The molecule has 1 amide bonds. The highest BCUT2D eigenvalue weighted by Gasteiger charge is 2.30. The Morgan fingerprint density at radius 1 is 1.44 bits per heavy atom. The Hall–Kier alpha value is -1.56. The number of carbonyl (C=O) groups excluding carboxylic acids is 1. The Balaban J connectivity index is 1.98. The average molecular weight is 227 g/mol. The van der Waals surface area contributed by atoms with Crippen LogP contribution in [0.3, 0.4) is 0 Å². The summed E-state index contributed by atoms with van der Waals surface area (Å²) in [5.41, 5.74) is 0.603. The number of rotatable bonds is 2. The molecule has 0 aliphatic carbocycles. The molecule has 1 unspecified atom stereocenters. The minimum atomic E-state index is -1.03. The lowest BCUT2D eigenvalue weighted by molar-refractivity contribution is -0.158. The number of hydrogen-bond donors (Lipinski definition) is 1. The molecule has 1 N–H and O–H groups in total. The summed E-state index contributed by atoms with van der Waals surface area (Å²) >= 11 is 0. The van der Waals surface area contributed by atoms with Crippen LogP contribution in [0.4, 0.5) is 0 Å². The maximum Gasteiger partial charge on any atom is 0.334 e. The molecule has 16 heavy (non-hydrogen) atoms. The highest BCUT2D eigenvalue weighted by atomic mass is 16.5. The summed E-state index contributed by atoms with van der Waals surface area (Å²) in [4.78, 5) is 24.1. The first-order chi connectivity index (χ1) is 7.68. The molecule has 0 radical (unpaired) electrons. The van der Waals surface area contributed by atoms with Crippen LogP contribution in [0, 0.1) is 0 Å². The zero-order chi connectivity index (χ0) is 11.5. The predicted octanol–water partition coefficient (Wildman–Crippen LogP) is -0.397. The molecule has 6 nitrogen and oxygen atoms in total. The number of carboxylic acids is 1. The van der Waals surface area contributed by atoms with Crippen LogP contribution in [0.15, 0.2) is 11.8 Å². The van der Waals surface area contributed by atoms with E-state index in [4.69, 9.17) is 14.6 Å². The van der Waals surface area contributed by atoms with Gasteiger partial charge in [0.05, 0.1) is 31.6 Å². The number of hydrogen-bond acceptors (Lipinski definition) is 4. The van der Waals surface area contributed by atoms with Gasteiger partial charge in [0.15, 0.2) is 6.10 Å². The fourth-order valence-electron chi connectivity index (χ4n) is 1.73. The number of amides is 1. The highest BCUT2D eigenvalue weighted by Crippen LogP contribution is 2.16. The molecule has 1 saturated heterocycles. The SMILES string of the molecule is O=C(O)C1CN(C(=O)C2=COCC2)CCO1. The van der Waals surface area contributed by atoms with E-state index < -0.39 is 12.1 Å². The van der Waals surface area contributed by atoms with E-state index in [1.165, 1.54) is 11.2 Å². The number of carbonyl (C=O) groups is 2. The van der Waals surface area contributed by atoms with Gasteiger partial charge in [0.25, 0.3) is 5.91 Å². The summed E-state index contributed by atoms with van der Waals surface area (Å²) < 4.78 is 10.0. The van der Waals surface area contributed by atoms with Gasteiger partial charge < -0.3 is 19.5 Å². The van der Waals surface area contributed by atoms with E-state index in [1.54, 1.807) is 0 Å². The molecule has 6 heteroatoms. The lowest BCUT2D eigenvalue weighted by atomic mass is 10.2. The van der Waals surface area contributed by atoms with Crippen molar-refractivity contribution in [2.75, 3.05) is 26.3 Å². The fraction of sp³-hybridized carbons (Fsp3) is 0.600. The third-order valence-electron chi connectivity index (χ3n) is 2.62. The van der Waals surface area contributed by atoms with E-state index in [9.17, 15) is 9.59 Å². The first kappa shape index (κ1) is 10.9. The molecule has 0 saturated carbocycles. The quantitative estimate of drug-likeness (QED) is 0.694. The van der Waals surface area contributed by atoms with E-state index in [1.807, 2.05) is 0 Å². The molecule has 2 aliphatic heterocycles. The van der Waals surface area contributed by atoms with Gasteiger partial charge >= 0.3 is 5.97 Å². The topological polar surface area (TPSA) is 76.1 Å². The van der Waals surface area contributed by atoms with Crippen LogP contribution < -0.4 is 0 Å². The van der Waals surface area contributed by atoms with E-state index in [-0.39, 0.29) is 19.1 Å². The van der Waals surface area contributed by atoms with Gasteiger partial charge in [-0.25, -0.2) is 4.79 Å². The maximum atomic E-state index is 11.9. The molecule has 2 heterocycles. The minimum Gasteiger partial charge on any atom is -0.500 e. The Labute approximate surface area is 92.4 Å². The Bertz CT molecular complexity index is 338. The van der Waals surface area contributed by atoms with Crippen molar-refractivity contribution >= 4 is 11.9 Å². The van der Waals surface area contributed by atoms with E-state index >= 15 is 0 Å². The van der Waals surface area contributed by atoms with Crippen molar-refractivity contribution in [2.24, 2.45) is 0 Å². The zero-order valence-corrected chi connectivity index (χ0v) is 8.72. The zero-order valence-electron chi connectivity index (χ0n) is 8.72. The number of carboxylic acid groups (broad SMARTS) is 1. The van der Waals surface area contributed by atoms with Gasteiger partial charge in [0, 0.05) is 13.0 Å². The second-order valence-corrected chi connectivity index (χ2v) is 3.71. The van der Waals surface area contributed by atoms with Gasteiger partial charge in [-0.1, -0.05) is 0 Å². The van der Waals surface area contributed by atoms with E-state index in [2.05, 4.69) is 0 Å². The minimum absolute atomic E-state index is 0.103. The van der Waals surface area contributed by atoms with Crippen molar-refractivity contribution in [2.45, 2.75) is 12.5 Å². The normalized spacial score (nSPS) is 24.9. The van der Waals surface area contributed by atoms with Crippen molar-refractivity contribution < 1.29 is 24.2 Å². The van der Waals surface area contributed by atoms with Crippen LogP contribution >= 0.6 is 0 Å². The van der Waals surface area contributed by atoms with Crippen LogP contribution in [0.2, 0.25) is 0 Å². The number of morpholine rings is 1. The molecule has 0 bridgehead atoms. The number of ether oxygens (including phenoxy) is 2. The van der Waals surface area contributed by atoms with Crippen molar-refractivity contribution in [1.29, 1.82) is 0 Å². The maximum absolute atomic E-state index is 11.9. The van der Waals surface area contributed by atoms with Gasteiger partial charge in [-0.05, 0) is 0 Å². The molecule has 0 spiro atoms. The Morgan fingerprint density at radius 2 is 2.25 bits per heavy atom. The average Bonchev–Trinajstić information content (AvgIpc) is 2.81. The summed E-state index contributed by atoms with van der Waals surface area (Å²) in [5, 5.41) is 8.80. The van der Waals surface area contributed by atoms with Gasteiger partial charge in [-0.15, -0.1) is 0 Å². The molecule has 0 aromatic heterocycles. The first-order valence-corrected chi connectivity index (χ1v) is 5.13. The second-order valence-electron chi connectivity index (χ2n) is 3.71. The van der Waals surface area contributed by atoms with Crippen LogP contribution in [-0.2, 0) is 19.1 Å². The molecule has 0 aromatic carbocycles. The fourth-order valence-corrected chi connectivity index (χ4v) is 1.73. The summed E-state index contributed by atoms with van der Waals surface area (Å²) in [7, 11) is 0. The van der Waals surface area contributed by atoms with Gasteiger partial charge in [-0.3, -0.25) is 4.79 Å². The molecule has 1 atom stereocenters. The monoisotopic (exact) mass is 227 g/mol. The van der Waals surface area contributed by atoms with Crippen LogP contribution in [0.1, 0.15) is 6.42 Å². The summed E-state index contributed by atoms with van der Waals surface area (Å²) in [6.07, 6.45) is 1.13. The third-order valence-corrected chi connectivity index (χ3v) is 2.62. The van der Waals surface area contributed by atoms with Crippen molar-refractivity contribution in [3.8, 4) is 0 Å². The molecular formula is C10H13NO5. The summed E-state index contributed by atoms with van der Waals surface area (Å²) in [5.74, 6) is -1.18. The third kappa shape index (κ3) is 2.16. The van der Waals surface area contributed by atoms with Crippen LogP contribution in [0.25, 0.3) is 0 Å². The number of nitrogens with zero attached hydrogens (tertiary/aromatic N) is 1. The van der Waals surface area contributed by atoms with Crippen molar-refractivity contribution in [3.05, 3.63) is 11.8 Å². The predicted molar refractivity (Wildman–Crippen MR) is 52.6 cm³/mol. The van der Waals surface area contributed by atoms with Crippen molar-refractivity contribution in [1.82, 2.24) is 4.90 Å². The molecule has 1 fully saturated rings. The second kappa shape index (κ2) is 4.52. The molecular weight excluding hydrogens is 214 g/mol. The Morgan fingerprint density at radius 3 is 2.88 bits per heavy atom. The van der Waals surface area contributed by atoms with Gasteiger partial charge in [-0.2, -0.15) is 0 Å². The van der Waals surface area contributed by atoms with E-state index in [0.29, 0.717) is 25.1 Å². The standard InChI is InChI=1S/C10H13NO5/c12-9(7-1-3-15-6-7)11-2-4-16-8(5-11)10(13)14/h6,8H,1-5H2,(H,13,14). The van der Waals surface area contributed by atoms with Gasteiger partial charge in [0.1, 0.15) is 0 Å². The van der Waals surface area contributed by atoms with Crippen molar-refractivity contribution in [3.63, 3.8) is 0 Å². The number of aliphatic carboxylic acids is 1. The largest absolute Gasteiger partial charge is 0.500 e. The van der Waals surface area contributed by atoms with E-state index in [0.717, 1.165) is 0 Å². The smallest absolute Gasteiger partial charge is 0.334 e. The lowest BCUT2D eigenvalue weighted by Crippen LogP contribution is -2.48. The van der Waals surface area contributed by atoms with Crippen LogP contribution in [-0.4, -0.2) is 54.3 Å². The summed E-state index contributed by atoms with van der Waals surface area (Å²) in [6, 6.07) is 0. The van der Waals surface area contributed by atoms with Gasteiger partial charge in [0.2, 0.25) is 0 Å². The van der Waals surface area contributed by atoms with Crippen LogP contribution in [0.5, 0.6) is 0 Å². The Kier molecular flexibility index (Phi) is 3.09.